The van der Waals surface area contributed by atoms with E-state index < -0.39 is 18.1 Å². The van der Waals surface area contributed by atoms with Crippen molar-refractivity contribution >= 4 is 24.1 Å². The zero-order valence-corrected chi connectivity index (χ0v) is 21.3. The van der Waals surface area contributed by atoms with E-state index in [9.17, 15) is 13.2 Å². The zero-order valence-electron chi connectivity index (χ0n) is 19.5. The van der Waals surface area contributed by atoms with Gasteiger partial charge in [0.15, 0.2) is 0 Å². The number of benzene rings is 1. The van der Waals surface area contributed by atoms with Gasteiger partial charge in [-0.25, -0.2) is 8.42 Å². The van der Waals surface area contributed by atoms with E-state index >= 15 is 0 Å². The highest BCUT2D eigenvalue weighted by molar-refractivity contribution is 7.88. The second kappa shape index (κ2) is 9.96. The Morgan fingerprint density at radius 3 is 2.17 bits per heavy atom. The molecule has 0 amide bonds. The van der Waals surface area contributed by atoms with Gasteiger partial charge in [-0.3, -0.25) is 4.79 Å². The van der Waals surface area contributed by atoms with Crippen molar-refractivity contribution in [3.63, 3.8) is 0 Å². The fraction of sp³-hybridized carbons (Fsp3) is 0.696. The van der Waals surface area contributed by atoms with Crippen LogP contribution in [0.25, 0.3) is 0 Å². The molecule has 0 aromatic heterocycles. The fourth-order valence-electron chi connectivity index (χ4n) is 3.83. The SMILES string of the molecule is CC(C)(C)[Si](C)(C)CCN(C1CCC(C(=O)OCc2ccccc2)CC1)S(C)(=O)=O. The zero-order chi connectivity index (χ0) is 22.6. The second-order valence-electron chi connectivity index (χ2n) is 10.4. The first-order valence-corrected chi connectivity index (χ1v) is 16.0. The van der Waals surface area contributed by atoms with Crippen molar-refractivity contribution in [3.8, 4) is 0 Å². The first-order valence-electron chi connectivity index (χ1n) is 11.0. The summed E-state index contributed by atoms with van der Waals surface area (Å²) in [5.41, 5.74) is 0.980. The van der Waals surface area contributed by atoms with Crippen LogP contribution in [0.3, 0.4) is 0 Å². The van der Waals surface area contributed by atoms with E-state index in [1.165, 1.54) is 6.26 Å². The quantitative estimate of drug-likeness (QED) is 0.408. The van der Waals surface area contributed by atoms with E-state index in [0.29, 0.717) is 26.0 Å². The molecule has 0 atom stereocenters. The summed E-state index contributed by atoms with van der Waals surface area (Å²) in [6, 6.07) is 10.6. The summed E-state index contributed by atoms with van der Waals surface area (Å²) in [6.45, 7) is 12.3. The molecular formula is C23H39NO4SSi. The van der Waals surface area contributed by atoms with Gasteiger partial charge in [0.25, 0.3) is 0 Å². The molecule has 1 fully saturated rings. The minimum atomic E-state index is -3.28. The standard InChI is InChI=1S/C23H39NO4SSi/c1-23(2,3)30(5,6)17-16-24(29(4,26)27)21-14-12-20(13-15-21)22(25)28-18-19-10-8-7-9-11-19/h7-11,20-21H,12-18H2,1-6H3. The van der Waals surface area contributed by atoms with Crippen molar-refractivity contribution in [2.24, 2.45) is 5.92 Å². The monoisotopic (exact) mass is 453 g/mol. The molecule has 2 rings (SSSR count). The van der Waals surface area contributed by atoms with Gasteiger partial charge >= 0.3 is 5.97 Å². The molecule has 1 aliphatic carbocycles. The van der Waals surface area contributed by atoms with E-state index in [-0.39, 0.29) is 23.0 Å². The normalized spacial score (nSPS) is 20.9. The van der Waals surface area contributed by atoms with Crippen LogP contribution in [0.1, 0.15) is 52.0 Å². The van der Waals surface area contributed by atoms with Crippen molar-refractivity contribution in [3.05, 3.63) is 35.9 Å². The molecular weight excluding hydrogens is 414 g/mol. The summed E-state index contributed by atoms with van der Waals surface area (Å²) in [5.74, 6) is -0.295. The van der Waals surface area contributed by atoms with Gasteiger partial charge in [-0.15, -0.1) is 0 Å². The predicted molar refractivity (Wildman–Crippen MR) is 126 cm³/mol. The molecule has 0 unspecified atom stereocenters. The third-order valence-corrected chi connectivity index (χ3v) is 13.9. The number of esters is 1. The second-order valence-corrected chi connectivity index (χ2v) is 18.1. The highest BCUT2D eigenvalue weighted by Gasteiger charge is 2.38. The molecule has 0 saturated heterocycles. The lowest BCUT2D eigenvalue weighted by Crippen LogP contribution is -2.47. The molecule has 7 heteroatoms. The smallest absolute Gasteiger partial charge is 0.309 e. The summed E-state index contributed by atoms with van der Waals surface area (Å²) in [5, 5.41) is 0.232. The summed E-state index contributed by atoms with van der Waals surface area (Å²) in [4.78, 5) is 12.5. The van der Waals surface area contributed by atoms with Gasteiger partial charge in [0, 0.05) is 12.6 Å². The molecule has 0 bridgehead atoms. The molecule has 0 spiro atoms. The number of ether oxygens (including phenoxy) is 1. The van der Waals surface area contributed by atoms with Crippen LogP contribution in [0.2, 0.25) is 24.2 Å². The van der Waals surface area contributed by atoms with Crippen molar-refractivity contribution < 1.29 is 17.9 Å². The predicted octanol–water partition coefficient (Wildman–Crippen LogP) is 5.06. The van der Waals surface area contributed by atoms with Crippen molar-refractivity contribution in [2.45, 2.75) is 83.3 Å². The minimum absolute atomic E-state index is 0.0112. The molecule has 1 aliphatic rings. The van der Waals surface area contributed by atoms with E-state index in [0.717, 1.165) is 24.4 Å². The molecule has 0 heterocycles. The van der Waals surface area contributed by atoms with E-state index in [1.54, 1.807) is 4.31 Å². The molecule has 0 N–H and O–H groups in total. The number of carbonyl (C=O) groups excluding carboxylic acids is 1. The molecule has 1 aromatic carbocycles. The van der Waals surface area contributed by atoms with Crippen molar-refractivity contribution in [1.82, 2.24) is 4.31 Å². The Labute approximate surface area is 184 Å². The molecule has 170 valence electrons. The molecule has 5 nitrogen and oxygen atoms in total. The number of sulfonamides is 1. The molecule has 30 heavy (non-hydrogen) atoms. The van der Waals surface area contributed by atoms with Crippen LogP contribution in [0.5, 0.6) is 0 Å². The minimum Gasteiger partial charge on any atom is -0.461 e. The fourth-order valence-corrected chi connectivity index (χ4v) is 6.72. The highest BCUT2D eigenvalue weighted by atomic mass is 32.2. The van der Waals surface area contributed by atoms with Crippen LogP contribution in [0, 0.1) is 5.92 Å². The molecule has 0 aliphatic heterocycles. The Morgan fingerprint density at radius 2 is 1.67 bits per heavy atom. The first kappa shape index (κ1) is 25.1. The maximum atomic E-state index is 12.5. The van der Waals surface area contributed by atoms with Gasteiger partial charge in [-0.1, -0.05) is 64.2 Å². The number of nitrogens with zero attached hydrogens (tertiary/aromatic N) is 1. The Hall–Kier alpha value is -1.18. The third kappa shape index (κ3) is 6.92. The largest absolute Gasteiger partial charge is 0.461 e. The Balaban J connectivity index is 1.92. The Morgan fingerprint density at radius 1 is 1.10 bits per heavy atom. The number of carbonyl (C=O) groups is 1. The van der Waals surface area contributed by atoms with E-state index in [4.69, 9.17) is 4.74 Å². The van der Waals surface area contributed by atoms with Crippen LogP contribution in [-0.2, 0) is 26.2 Å². The van der Waals surface area contributed by atoms with Gasteiger partial charge in [-0.2, -0.15) is 4.31 Å². The number of hydrogen-bond donors (Lipinski definition) is 0. The number of hydrogen-bond acceptors (Lipinski definition) is 4. The average molecular weight is 454 g/mol. The maximum absolute atomic E-state index is 12.5. The summed E-state index contributed by atoms with van der Waals surface area (Å²) < 4.78 is 32.2. The lowest BCUT2D eigenvalue weighted by Gasteiger charge is -2.40. The van der Waals surface area contributed by atoms with Gasteiger partial charge in [0.2, 0.25) is 10.0 Å². The van der Waals surface area contributed by atoms with Crippen LogP contribution < -0.4 is 0 Å². The van der Waals surface area contributed by atoms with Gasteiger partial charge in [-0.05, 0) is 42.3 Å². The Kier molecular flexibility index (Phi) is 8.33. The van der Waals surface area contributed by atoms with Gasteiger partial charge < -0.3 is 4.74 Å². The van der Waals surface area contributed by atoms with Crippen LogP contribution in [0.4, 0.5) is 0 Å². The topological polar surface area (TPSA) is 63.7 Å². The summed E-state index contributed by atoms with van der Waals surface area (Å²) in [7, 11) is -4.84. The summed E-state index contributed by atoms with van der Waals surface area (Å²) in [6.07, 6.45) is 4.12. The average Bonchev–Trinajstić information content (AvgIpc) is 2.65. The highest BCUT2D eigenvalue weighted by Crippen LogP contribution is 2.39. The van der Waals surface area contributed by atoms with E-state index in [2.05, 4.69) is 33.9 Å². The lowest BCUT2D eigenvalue weighted by molar-refractivity contribution is -0.151. The lowest BCUT2D eigenvalue weighted by atomic mass is 9.86. The first-order chi connectivity index (χ1) is 13.8. The van der Waals surface area contributed by atoms with Crippen LogP contribution in [-0.4, -0.2) is 45.6 Å². The number of rotatable bonds is 8. The van der Waals surface area contributed by atoms with Gasteiger partial charge in [0.1, 0.15) is 6.61 Å². The molecule has 0 radical (unpaired) electrons. The summed E-state index contributed by atoms with van der Waals surface area (Å²) >= 11 is 0. The van der Waals surface area contributed by atoms with Crippen LogP contribution in [0.15, 0.2) is 30.3 Å². The molecule has 1 saturated carbocycles. The Bertz CT molecular complexity index is 794. The maximum Gasteiger partial charge on any atom is 0.309 e. The van der Waals surface area contributed by atoms with Crippen LogP contribution >= 0.6 is 0 Å². The third-order valence-electron chi connectivity index (χ3n) is 7.07. The van der Waals surface area contributed by atoms with Crippen molar-refractivity contribution in [1.29, 1.82) is 0 Å². The van der Waals surface area contributed by atoms with Crippen molar-refractivity contribution in [2.75, 3.05) is 12.8 Å². The van der Waals surface area contributed by atoms with Gasteiger partial charge in [0.05, 0.1) is 20.2 Å². The van der Waals surface area contributed by atoms with E-state index in [1.807, 2.05) is 30.3 Å². The molecule has 1 aromatic rings.